The first kappa shape index (κ1) is 11.8. The number of thiazole rings is 1. The zero-order valence-electron chi connectivity index (χ0n) is 8.73. The van der Waals surface area contributed by atoms with Crippen LogP contribution in [0, 0.1) is 0 Å². The predicted octanol–water partition coefficient (Wildman–Crippen LogP) is 2.24. The lowest BCUT2D eigenvalue weighted by molar-refractivity contribution is -0.144. The van der Waals surface area contributed by atoms with Crippen LogP contribution in [0.4, 0.5) is 0 Å². The lowest BCUT2D eigenvalue weighted by Gasteiger charge is -2.31. The molecule has 0 spiro atoms. The Morgan fingerprint density at radius 2 is 2.50 bits per heavy atom. The van der Waals surface area contributed by atoms with Gasteiger partial charge in [-0.25, -0.2) is 4.98 Å². The summed E-state index contributed by atoms with van der Waals surface area (Å²) >= 11 is 7.21. The Balaban J connectivity index is 2.03. The minimum absolute atomic E-state index is 0.364. The van der Waals surface area contributed by atoms with Gasteiger partial charge in [-0.05, 0) is 19.4 Å². The van der Waals surface area contributed by atoms with E-state index in [9.17, 15) is 4.79 Å². The normalized spacial score (nSPS) is 22.2. The topological polar surface area (TPSA) is 53.4 Å². The van der Waals surface area contributed by atoms with Gasteiger partial charge >= 0.3 is 5.97 Å². The first-order valence-electron chi connectivity index (χ1n) is 5.24. The van der Waals surface area contributed by atoms with Gasteiger partial charge in [-0.3, -0.25) is 9.69 Å². The van der Waals surface area contributed by atoms with Crippen LogP contribution in [-0.4, -0.2) is 33.5 Å². The zero-order valence-corrected chi connectivity index (χ0v) is 10.3. The Hall–Kier alpha value is -0.650. The number of aromatic nitrogens is 1. The van der Waals surface area contributed by atoms with E-state index >= 15 is 0 Å². The van der Waals surface area contributed by atoms with Crippen molar-refractivity contribution in [1.29, 1.82) is 0 Å². The number of aliphatic carboxylic acids is 1. The Morgan fingerprint density at radius 1 is 1.69 bits per heavy atom. The van der Waals surface area contributed by atoms with Crippen LogP contribution < -0.4 is 0 Å². The Labute approximate surface area is 103 Å². The molecular weight excluding hydrogens is 248 g/mol. The van der Waals surface area contributed by atoms with Crippen molar-refractivity contribution >= 4 is 28.9 Å². The van der Waals surface area contributed by atoms with E-state index < -0.39 is 5.97 Å². The van der Waals surface area contributed by atoms with Gasteiger partial charge in [0.2, 0.25) is 0 Å². The van der Waals surface area contributed by atoms with Crippen LogP contribution in [0.2, 0.25) is 4.34 Å². The molecule has 1 aromatic heterocycles. The zero-order chi connectivity index (χ0) is 11.5. The van der Waals surface area contributed by atoms with Crippen molar-refractivity contribution < 1.29 is 9.90 Å². The van der Waals surface area contributed by atoms with Crippen LogP contribution >= 0.6 is 22.9 Å². The van der Waals surface area contributed by atoms with Crippen molar-refractivity contribution in [3.8, 4) is 0 Å². The van der Waals surface area contributed by atoms with Crippen LogP contribution in [0.25, 0.3) is 0 Å². The van der Waals surface area contributed by atoms with E-state index in [1.54, 1.807) is 6.20 Å². The number of carboxylic acid groups (broad SMARTS) is 1. The number of carboxylic acids is 1. The predicted molar refractivity (Wildman–Crippen MR) is 62.8 cm³/mol. The molecule has 1 aromatic rings. The minimum Gasteiger partial charge on any atom is -0.480 e. The Kier molecular flexibility index (Phi) is 3.78. The van der Waals surface area contributed by atoms with Gasteiger partial charge in [0.05, 0.1) is 12.7 Å². The highest BCUT2D eigenvalue weighted by Gasteiger charge is 2.28. The number of likely N-dealkylation sites (tertiary alicyclic amines) is 1. The molecule has 1 fully saturated rings. The molecule has 88 valence electrons. The SMILES string of the molecule is O=C(O)C1CCCCN1Cc1ncc(Cl)s1. The van der Waals surface area contributed by atoms with Gasteiger partial charge in [0.15, 0.2) is 0 Å². The third-order valence-electron chi connectivity index (χ3n) is 2.76. The smallest absolute Gasteiger partial charge is 0.320 e. The quantitative estimate of drug-likeness (QED) is 0.906. The first-order valence-corrected chi connectivity index (χ1v) is 6.43. The van der Waals surface area contributed by atoms with Crippen molar-refractivity contribution in [2.45, 2.75) is 31.8 Å². The Bertz CT molecular complexity index is 383. The van der Waals surface area contributed by atoms with E-state index in [1.807, 2.05) is 4.90 Å². The monoisotopic (exact) mass is 260 g/mol. The maximum Gasteiger partial charge on any atom is 0.320 e. The van der Waals surface area contributed by atoms with Gasteiger partial charge in [0, 0.05) is 0 Å². The molecular formula is C10H13ClN2O2S. The highest BCUT2D eigenvalue weighted by atomic mass is 35.5. The molecule has 2 heterocycles. The van der Waals surface area contributed by atoms with Gasteiger partial charge in [0.1, 0.15) is 15.4 Å². The summed E-state index contributed by atoms with van der Waals surface area (Å²) in [5, 5.41) is 9.99. The van der Waals surface area contributed by atoms with Crippen LogP contribution in [0.5, 0.6) is 0 Å². The number of carbonyl (C=O) groups is 1. The molecule has 4 nitrogen and oxygen atoms in total. The van der Waals surface area contributed by atoms with E-state index in [4.69, 9.17) is 16.7 Å². The molecule has 1 atom stereocenters. The molecule has 16 heavy (non-hydrogen) atoms. The van der Waals surface area contributed by atoms with Gasteiger partial charge in [0.25, 0.3) is 0 Å². The van der Waals surface area contributed by atoms with Crippen molar-refractivity contribution in [1.82, 2.24) is 9.88 Å². The third kappa shape index (κ3) is 2.72. The number of rotatable bonds is 3. The maximum atomic E-state index is 11.1. The fraction of sp³-hybridized carbons (Fsp3) is 0.600. The molecule has 0 aliphatic carbocycles. The van der Waals surface area contributed by atoms with E-state index in [2.05, 4.69) is 4.98 Å². The second-order valence-electron chi connectivity index (χ2n) is 3.88. The van der Waals surface area contributed by atoms with Gasteiger partial charge in [-0.15, -0.1) is 11.3 Å². The summed E-state index contributed by atoms with van der Waals surface area (Å²) in [6.45, 7) is 1.42. The number of hydrogen-bond acceptors (Lipinski definition) is 4. The lowest BCUT2D eigenvalue weighted by Crippen LogP contribution is -2.43. The summed E-state index contributed by atoms with van der Waals surface area (Å²) in [6, 6.07) is -0.364. The van der Waals surface area contributed by atoms with Crippen molar-refractivity contribution in [3.05, 3.63) is 15.5 Å². The molecule has 0 saturated carbocycles. The molecule has 2 rings (SSSR count). The fourth-order valence-corrected chi connectivity index (χ4v) is 2.98. The van der Waals surface area contributed by atoms with Crippen molar-refractivity contribution in [2.24, 2.45) is 0 Å². The lowest BCUT2D eigenvalue weighted by atomic mass is 10.0. The number of piperidine rings is 1. The summed E-state index contributed by atoms with van der Waals surface area (Å²) in [7, 11) is 0. The summed E-state index contributed by atoms with van der Waals surface area (Å²) in [5.74, 6) is -0.734. The average molecular weight is 261 g/mol. The largest absolute Gasteiger partial charge is 0.480 e. The van der Waals surface area contributed by atoms with Crippen LogP contribution in [0.3, 0.4) is 0 Å². The first-order chi connectivity index (χ1) is 7.66. The summed E-state index contributed by atoms with van der Waals surface area (Å²) in [5.41, 5.74) is 0. The highest BCUT2D eigenvalue weighted by Crippen LogP contribution is 2.23. The van der Waals surface area contributed by atoms with Crippen LogP contribution in [0.1, 0.15) is 24.3 Å². The Morgan fingerprint density at radius 3 is 3.12 bits per heavy atom. The van der Waals surface area contributed by atoms with E-state index in [-0.39, 0.29) is 6.04 Å². The number of hydrogen-bond donors (Lipinski definition) is 1. The average Bonchev–Trinajstić information content (AvgIpc) is 2.64. The summed E-state index contributed by atoms with van der Waals surface area (Å²) in [4.78, 5) is 17.2. The maximum absolute atomic E-state index is 11.1. The standard InChI is InChI=1S/C10H13ClN2O2S/c11-8-5-12-9(16-8)6-13-4-2-1-3-7(13)10(14)15/h5,7H,1-4,6H2,(H,14,15). The van der Waals surface area contributed by atoms with Crippen molar-refractivity contribution in [2.75, 3.05) is 6.54 Å². The van der Waals surface area contributed by atoms with E-state index in [1.165, 1.54) is 11.3 Å². The second kappa shape index (κ2) is 5.12. The second-order valence-corrected chi connectivity index (χ2v) is 5.62. The van der Waals surface area contributed by atoms with E-state index in [0.29, 0.717) is 10.9 Å². The molecule has 1 saturated heterocycles. The molecule has 1 unspecified atom stereocenters. The van der Waals surface area contributed by atoms with Gasteiger partial charge in [-0.2, -0.15) is 0 Å². The molecule has 0 bridgehead atoms. The van der Waals surface area contributed by atoms with Gasteiger partial charge in [-0.1, -0.05) is 18.0 Å². The number of halogens is 1. The minimum atomic E-state index is -0.734. The van der Waals surface area contributed by atoms with Gasteiger partial charge < -0.3 is 5.11 Å². The molecule has 1 aliphatic heterocycles. The summed E-state index contributed by atoms with van der Waals surface area (Å²) < 4.78 is 0.652. The third-order valence-corrected chi connectivity index (χ3v) is 3.86. The fourth-order valence-electron chi connectivity index (χ4n) is 1.99. The van der Waals surface area contributed by atoms with Crippen molar-refractivity contribution in [3.63, 3.8) is 0 Å². The highest BCUT2D eigenvalue weighted by molar-refractivity contribution is 7.15. The molecule has 0 radical (unpaired) electrons. The van der Waals surface area contributed by atoms with Crippen LogP contribution in [-0.2, 0) is 11.3 Å². The van der Waals surface area contributed by atoms with Crippen LogP contribution in [0.15, 0.2) is 6.20 Å². The van der Waals surface area contributed by atoms with E-state index in [0.717, 1.165) is 30.8 Å². The molecule has 0 aromatic carbocycles. The molecule has 0 amide bonds. The molecule has 1 N–H and O–H groups in total. The number of nitrogens with zero attached hydrogens (tertiary/aromatic N) is 2. The molecule has 6 heteroatoms. The summed E-state index contributed by atoms with van der Waals surface area (Å²) in [6.07, 6.45) is 4.39. The molecule has 1 aliphatic rings.